The Kier molecular flexibility index (Phi) is 4.07. The van der Waals surface area contributed by atoms with Gasteiger partial charge in [-0.3, -0.25) is 0 Å². The number of halogens is 2. The Morgan fingerprint density at radius 2 is 2.16 bits per heavy atom. The predicted octanol–water partition coefficient (Wildman–Crippen LogP) is 4.30. The molecule has 0 bridgehead atoms. The van der Waals surface area contributed by atoms with Gasteiger partial charge in [0.15, 0.2) is 0 Å². The fourth-order valence-corrected chi connectivity index (χ4v) is 2.19. The summed E-state index contributed by atoms with van der Waals surface area (Å²) in [6.07, 6.45) is 1.20. The first-order valence-electron chi connectivity index (χ1n) is 5.30. The van der Waals surface area contributed by atoms with Crippen LogP contribution in [-0.2, 0) is 0 Å². The van der Waals surface area contributed by atoms with Crippen molar-refractivity contribution >= 4 is 33.5 Å². The number of carboxylic acid groups (broad SMARTS) is 1. The zero-order valence-corrected chi connectivity index (χ0v) is 12.2. The lowest BCUT2D eigenvalue weighted by Crippen LogP contribution is -1.98. The molecule has 0 radical (unpaired) electrons. The standard InChI is InChI=1S/C13H9BrClNO3/c1-7-2-3-11(9(14)4-7)19-12-10(15)5-8(6-16-12)13(17)18/h2-6H,1H3,(H,17,18). The van der Waals surface area contributed by atoms with Crippen molar-refractivity contribution in [3.8, 4) is 11.6 Å². The van der Waals surface area contributed by atoms with Crippen LogP contribution in [0.15, 0.2) is 34.9 Å². The van der Waals surface area contributed by atoms with Gasteiger partial charge in [-0.2, -0.15) is 0 Å². The molecule has 0 atom stereocenters. The summed E-state index contributed by atoms with van der Waals surface area (Å²) in [4.78, 5) is 14.7. The fourth-order valence-electron chi connectivity index (χ4n) is 1.41. The maximum absolute atomic E-state index is 10.8. The first kappa shape index (κ1) is 13.8. The smallest absolute Gasteiger partial charge is 0.337 e. The van der Waals surface area contributed by atoms with Gasteiger partial charge in [0.05, 0.1) is 10.0 Å². The van der Waals surface area contributed by atoms with Gasteiger partial charge in [-0.25, -0.2) is 9.78 Å². The molecule has 4 nitrogen and oxygen atoms in total. The van der Waals surface area contributed by atoms with Gasteiger partial charge in [0, 0.05) is 6.20 Å². The highest BCUT2D eigenvalue weighted by molar-refractivity contribution is 9.10. The van der Waals surface area contributed by atoms with Crippen molar-refractivity contribution in [1.82, 2.24) is 4.98 Å². The van der Waals surface area contributed by atoms with Crippen LogP contribution in [0.1, 0.15) is 15.9 Å². The van der Waals surface area contributed by atoms with Gasteiger partial charge in [-0.1, -0.05) is 17.7 Å². The SMILES string of the molecule is Cc1ccc(Oc2ncc(C(=O)O)cc2Cl)c(Br)c1. The average Bonchev–Trinajstić information content (AvgIpc) is 2.34. The largest absolute Gasteiger partial charge is 0.478 e. The second-order valence-electron chi connectivity index (χ2n) is 3.85. The molecule has 19 heavy (non-hydrogen) atoms. The molecule has 6 heteroatoms. The van der Waals surface area contributed by atoms with Crippen LogP contribution in [-0.4, -0.2) is 16.1 Å². The lowest BCUT2D eigenvalue weighted by molar-refractivity contribution is 0.0696. The van der Waals surface area contributed by atoms with E-state index in [1.54, 1.807) is 6.07 Å². The van der Waals surface area contributed by atoms with E-state index in [1.807, 2.05) is 19.1 Å². The van der Waals surface area contributed by atoms with E-state index >= 15 is 0 Å². The van der Waals surface area contributed by atoms with Crippen molar-refractivity contribution in [3.05, 3.63) is 51.1 Å². The van der Waals surface area contributed by atoms with E-state index in [4.69, 9.17) is 21.4 Å². The second-order valence-corrected chi connectivity index (χ2v) is 5.11. The van der Waals surface area contributed by atoms with Crippen LogP contribution in [0, 0.1) is 6.92 Å². The zero-order chi connectivity index (χ0) is 14.0. The van der Waals surface area contributed by atoms with Crippen molar-refractivity contribution in [3.63, 3.8) is 0 Å². The molecule has 0 aliphatic heterocycles. The number of aryl methyl sites for hydroxylation is 1. The monoisotopic (exact) mass is 341 g/mol. The normalized spacial score (nSPS) is 10.3. The third-order valence-electron chi connectivity index (χ3n) is 2.35. The van der Waals surface area contributed by atoms with Gasteiger partial charge in [0.2, 0.25) is 5.88 Å². The molecule has 98 valence electrons. The maximum atomic E-state index is 10.8. The number of carbonyl (C=O) groups is 1. The van der Waals surface area contributed by atoms with E-state index in [9.17, 15) is 4.79 Å². The van der Waals surface area contributed by atoms with Crippen LogP contribution in [0.25, 0.3) is 0 Å². The van der Waals surface area contributed by atoms with Gasteiger partial charge in [-0.15, -0.1) is 0 Å². The van der Waals surface area contributed by atoms with Crippen molar-refractivity contribution < 1.29 is 14.6 Å². The third-order valence-corrected chi connectivity index (χ3v) is 3.24. The minimum absolute atomic E-state index is 0.0142. The molecule has 0 amide bonds. The highest BCUT2D eigenvalue weighted by Gasteiger charge is 2.11. The first-order valence-corrected chi connectivity index (χ1v) is 6.47. The number of pyridine rings is 1. The molecule has 0 aliphatic rings. The van der Waals surface area contributed by atoms with Crippen LogP contribution < -0.4 is 4.74 Å². The summed E-state index contributed by atoms with van der Waals surface area (Å²) in [6.45, 7) is 1.96. The van der Waals surface area contributed by atoms with Crippen LogP contribution in [0.5, 0.6) is 11.6 Å². The molecule has 2 rings (SSSR count). The van der Waals surface area contributed by atoms with E-state index in [0.717, 1.165) is 10.0 Å². The van der Waals surface area contributed by atoms with E-state index in [1.165, 1.54) is 12.3 Å². The number of ether oxygens (including phenoxy) is 1. The topological polar surface area (TPSA) is 59.4 Å². The van der Waals surface area contributed by atoms with Crippen molar-refractivity contribution in [2.75, 3.05) is 0 Å². The van der Waals surface area contributed by atoms with E-state index < -0.39 is 5.97 Å². The van der Waals surface area contributed by atoms with E-state index in [2.05, 4.69) is 20.9 Å². The quantitative estimate of drug-likeness (QED) is 0.903. The molecule has 0 saturated heterocycles. The molecule has 0 fully saturated rings. The summed E-state index contributed by atoms with van der Waals surface area (Å²) in [5.74, 6) is -0.364. The lowest BCUT2D eigenvalue weighted by Gasteiger charge is -2.09. The molecule has 0 spiro atoms. The first-order chi connectivity index (χ1) is 8.97. The van der Waals surface area contributed by atoms with Crippen LogP contribution in [0.2, 0.25) is 5.02 Å². The number of nitrogens with zero attached hydrogens (tertiary/aromatic N) is 1. The summed E-state index contributed by atoms with van der Waals surface area (Å²) < 4.78 is 6.32. The molecule has 0 saturated carbocycles. The Morgan fingerprint density at radius 3 is 2.74 bits per heavy atom. The summed E-state index contributed by atoms with van der Waals surface area (Å²) in [5.41, 5.74) is 1.10. The van der Waals surface area contributed by atoms with Crippen LogP contribution in [0.4, 0.5) is 0 Å². The number of aromatic carboxylic acids is 1. The Labute approximate surface area is 123 Å². The molecule has 1 N–H and O–H groups in total. The predicted molar refractivity (Wildman–Crippen MR) is 75.2 cm³/mol. The minimum Gasteiger partial charge on any atom is -0.478 e. The second kappa shape index (κ2) is 5.59. The summed E-state index contributed by atoms with van der Waals surface area (Å²) in [7, 11) is 0. The summed E-state index contributed by atoms with van der Waals surface area (Å²) in [6, 6.07) is 6.87. The van der Waals surface area contributed by atoms with Crippen molar-refractivity contribution in [1.29, 1.82) is 0 Å². The van der Waals surface area contributed by atoms with E-state index in [-0.39, 0.29) is 16.5 Å². The number of benzene rings is 1. The summed E-state index contributed by atoms with van der Waals surface area (Å²) >= 11 is 9.32. The number of rotatable bonds is 3. The van der Waals surface area contributed by atoms with Crippen molar-refractivity contribution in [2.24, 2.45) is 0 Å². The lowest BCUT2D eigenvalue weighted by atomic mass is 10.2. The highest BCUT2D eigenvalue weighted by Crippen LogP contribution is 2.33. The van der Waals surface area contributed by atoms with Gasteiger partial charge in [-0.05, 0) is 46.6 Å². The summed E-state index contributed by atoms with van der Waals surface area (Å²) in [5, 5.41) is 8.96. The van der Waals surface area contributed by atoms with Crippen LogP contribution >= 0.6 is 27.5 Å². The highest BCUT2D eigenvalue weighted by atomic mass is 79.9. The van der Waals surface area contributed by atoms with Gasteiger partial charge in [0.25, 0.3) is 0 Å². The van der Waals surface area contributed by atoms with E-state index in [0.29, 0.717) is 5.75 Å². The molecule has 2 aromatic rings. The minimum atomic E-state index is -1.09. The Hall–Kier alpha value is -1.59. The van der Waals surface area contributed by atoms with Gasteiger partial charge >= 0.3 is 5.97 Å². The molecule has 1 aromatic carbocycles. The molecule has 1 heterocycles. The van der Waals surface area contributed by atoms with Crippen LogP contribution in [0.3, 0.4) is 0 Å². The Morgan fingerprint density at radius 1 is 1.42 bits per heavy atom. The Bertz CT molecular complexity index is 646. The number of aromatic nitrogens is 1. The molecule has 0 aliphatic carbocycles. The van der Waals surface area contributed by atoms with Gasteiger partial charge < -0.3 is 9.84 Å². The Balaban J connectivity index is 2.31. The maximum Gasteiger partial charge on any atom is 0.337 e. The average molecular weight is 343 g/mol. The molecular weight excluding hydrogens is 334 g/mol. The molecular formula is C13H9BrClNO3. The molecule has 1 aromatic heterocycles. The number of carboxylic acids is 1. The fraction of sp³-hybridized carbons (Fsp3) is 0.0769. The zero-order valence-electron chi connectivity index (χ0n) is 9.85. The number of hydrogen-bond donors (Lipinski definition) is 1. The van der Waals surface area contributed by atoms with Gasteiger partial charge in [0.1, 0.15) is 10.8 Å². The number of hydrogen-bond acceptors (Lipinski definition) is 3. The third kappa shape index (κ3) is 3.24. The molecule has 0 unspecified atom stereocenters. The van der Waals surface area contributed by atoms with Crippen molar-refractivity contribution in [2.45, 2.75) is 6.92 Å².